The van der Waals surface area contributed by atoms with E-state index in [-0.39, 0.29) is 6.09 Å². The van der Waals surface area contributed by atoms with E-state index in [2.05, 4.69) is 18.8 Å². The van der Waals surface area contributed by atoms with Crippen molar-refractivity contribution in [3.05, 3.63) is 12.2 Å². The summed E-state index contributed by atoms with van der Waals surface area (Å²) in [6, 6.07) is 0. The Morgan fingerprint density at radius 3 is 2.40 bits per heavy atom. The van der Waals surface area contributed by atoms with E-state index in [1.807, 2.05) is 27.7 Å². The molecule has 0 spiro atoms. The fourth-order valence-corrected chi connectivity index (χ4v) is 0.951. The molecule has 0 saturated carbocycles. The molecule has 0 aliphatic carbocycles. The van der Waals surface area contributed by atoms with Gasteiger partial charge >= 0.3 is 6.09 Å². The summed E-state index contributed by atoms with van der Waals surface area (Å²) in [6.45, 7) is 14.1. The SMILES string of the molecule is C=C(C)[C@@H](C)CCNC(=O)OC(C)(C)C. The Hall–Kier alpha value is -0.990. The van der Waals surface area contributed by atoms with Crippen molar-refractivity contribution in [2.45, 2.75) is 46.6 Å². The average molecular weight is 213 g/mol. The molecule has 1 amide bonds. The molecule has 0 aromatic carbocycles. The maximum absolute atomic E-state index is 11.3. The van der Waals surface area contributed by atoms with Crippen LogP contribution in [0, 0.1) is 5.92 Å². The third kappa shape index (κ3) is 8.03. The molecule has 3 nitrogen and oxygen atoms in total. The van der Waals surface area contributed by atoms with Gasteiger partial charge in [-0.3, -0.25) is 0 Å². The van der Waals surface area contributed by atoms with Gasteiger partial charge in [-0.15, -0.1) is 0 Å². The molecule has 0 rings (SSSR count). The highest BCUT2D eigenvalue weighted by Gasteiger charge is 2.15. The normalized spacial score (nSPS) is 13.1. The molecule has 0 bridgehead atoms. The predicted octanol–water partition coefficient (Wildman–Crippen LogP) is 3.11. The lowest BCUT2D eigenvalue weighted by Gasteiger charge is -2.20. The van der Waals surface area contributed by atoms with Crippen molar-refractivity contribution in [1.29, 1.82) is 0 Å². The zero-order valence-electron chi connectivity index (χ0n) is 10.5. The third-order valence-corrected chi connectivity index (χ3v) is 2.09. The van der Waals surface area contributed by atoms with Crippen molar-refractivity contribution >= 4 is 6.09 Å². The Morgan fingerprint density at radius 1 is 1.47 bits per heavy atom. The van der Waals surface area contributed by atoms with Gasteiger partial charge in [0.25, 0.3) is 0 Å². The summed E-state index contributed by atoms with van der Waals surface area (Å²) in [4.78, 5) is 11.3. The number of carbonyl (C=O) groups excluding carboxylic acids is 1. The standard InChI is InChI=1S/C12H23NO2/c1-9(2)10(3)7-8-13-11(14)15-12(4,5)6/h10H,1,7-8H2,2-6H3,(H,13,14)/t10-/m0/s1. The van der Waals surface area contributed by atoms with Crippen molar-refractivity contribution in [3.63, 3.8) is 0 Å². The van der Waals surface area contributed by atoms with E-state index in [0.717, 1.165) is 12.0 Å². The highest BCUT2D eigenvalue weighted by molar-refractivity contribution is 5.67. The Kier molecular flexibility index (Phi) is 5.40. The van der Waals surface area contributed by atoms with E-state index < -0.39 is 5.60 Å². The van der Waals surface area contributed by atoms with Crippen molar-refractivity contribution in [3.8, 4) is 0 Å². The van der Waals surface area contributed by atoms with Crippen LogP contribution in [0.25, 0.3) is 0 Å². The molecular weight excluding hydrogens is 190 g/mol. The monoisotopic (exact) mass is 213 g/mol. The molecule has 0 aliphatic rings. The number of nitrogens with one attached hydrogen (secondary N) is 1. The number of hydrogen-bond donors (Lipinski definition) is 1. The minimum Gasteiger partial charge on any atom is -0.444 e. The van der Waals surface area contributed by atoms with Crippen LogP contribution in [0.15, 0.2) is 12.2 Å². The molecule has 0 fully saturated rings. The van der Waals surface area contributed by atoms with E-state index in [4.69, 9.17) is 4.74 Å². The van der Waals surface area contributed by atoms with Gasteiger partial charge in [0.1, 0.15) is 5.60 Å². The van der Waals surface area contributed by atoms with Crippen LogP contribution in [0.1, 0.15) is 41.0 Å². The Labute approximate surface area is 92.9 Å². The number of ether oxygens (including phenoxy) is 1. The van der Waals surface area contributed by atoms with E-state index in [1.54, 1.807) is 0 Å². The van der Waals surface area contributed by atoms with Crippen LogP contribution in [0.3, 0.4) is 0 Å². The molecule has 88 valence electrons. The van der Waals surface area contributed by atoms with Gasteiger partial charge in [0.15, 0.2) is 0 Å². The molecule has 0 aromatic rings. The number of amides is 1. The van der Waals surface area contributed by atoms with Gasteiger partial charge in [0.2, 0.25) is 0 Å². The zero-order valence-corrected chi connectivity index (χ0v) is 10.5. The maximum Gasteiger partial charge on any atom is 0.407 e. The fraction of sp³-hybridized carbons (Fsp3) is 0.750. The predicted molar refractivity (Wildman–Crippen MR) is 62.8 cm³/mol. The first-order valence-corrected chi connectivity index (χ1v) is 5.34. The molecule has 0 unspecified atom stereocenters. The summed E-state index contributed by atoms with van der Waals surface area (Å²) >= 11 is 0. The second-order valence-corrected chi connectivity index (χ2v) is 4.96. The van der Waals surface area contributed by atoms with Gasteiger partial charge in [-0.1, -0.05) is 19.1 Å². The van der Waals surface area contributed by atoms with Gasteiger partial charge in [0, 0.05) is 6.54 Å². The zero-order chi connectivity index (χ0) is 12.1. The number of rotatable bonds is 4. The summed E-state index contributed by atoms with van der Waals surface area (Å²) in [5.41, 5.74) is 0.713. The van der Waals surface area contributed by atoms with Gasteiger partial charge in [-0.25, -0.2) is 4.79 Å². The third-order valence-electron chi connectivity index (χ3n) is 2.09. The van der Waals surface area contributed by atoms with Gasteiger partial charge < -0.3 is 10.1 Å². The van der Waals surface area contributed by atoms with Crippen molar-refractivity contribution in [2.75, 3.05) is 6.54 Å². The molecule has 0 heterocycles. The van der Waals surface area contributed by atoms with E-state index in [0.29, 0.717) is 12.5 Å². The number of carbonyl (C=O) groups is 1. The Morgan fingerprint density at radius 2 is 2.00 bits per heavy atom. The van der Waals surface area contributed by atoms with E-state index in [9.17, 15) is 4.79 Å². The second kappa shape index (κ2) is 5.79. The number of alkyl carbamates (subject to hydrolysis) is 1. The first-order chi connectivity index (χ1) is 6.72. The highest BCUT2D eigenvalue weighted by Crippen LogP contribution is 2.11. The number of allylic oxidation sites excluding steroid dienone is 1. The minimum atomic E-state index is -0.427. The fourth-order valence-electron chi connectivity index (χ4n) is 0.951. The smallest absolute Gasteiger partial charge is 0.407 e. The first kappa shape index (κ1) is 14.0. The van der Waals surface area contributed by atoms with Crippen LogP contribution >= 0.6 is 0 Å². The van der Waals surface area contributed by atoms with Crippen LogP contribution < -0.4 is 5.32 Å². The van der Waals surface area contributed by atoms with Crippen LogP contribution in [0.5, 0.6) is 0 Å². The largest absolute Gasteiger partial charge is 0.444 e. The molecule has 3 heteroatoms. The second-order valence-electron chi connectivity index (χ2n) is 4.96. The Bertz CT molecular complexity index is 228. The molecule has 0 radical (unpaired) electrons. The van der Waals surface area contributed by atoms with Crippen LogP contribution in [-0.2, 0) is 4.74 Å². The molecule has 1 N–H and O–H groups in total. The lowest BCUT2D eigenvalue weighted by molar-refractivity contribution is 0.0526. The lowest BCUT2D eigenvalue weighted by atomic mass is 10.0. The molecule has 0 aliphatic heterocycles. The Balaban J connectivity index is 3.69. The van der Waals surface area contributed by atoms with Crippen LogP contribution in [-0.4, -0.2) is 18.2 Å². The van der Waals surface area contributed by atoms with Crippen molar-refractivity contribution < 1.29 is 9.53 Å². The summed E-state index contributed by atoms with van der Waals surface area (Å²) < 4.78 is 5.11. The molecule has 0 aromatic heterocycles. The lowest BCUT2D eigenvalue weighted by Crippen LogP contribution is -2.33. The van der Waals surface area contributed by atoms with Gasteiger partial charge in [0.05, 0.1) is 0 Å². The molecule has 1 atom stereocenters. The van der Waals surface area contributed by atoms with Gasteiger partial charge in [-0.05, 0) is 40.0 Å². The quantitative estimate of drug-likeness (QED) is 0.729. The molecule has 0 saturated heterocycles. The van der Waals surface area contributed by atoms with Gasteiger partial charge in [-0.2, -0.15) is 0 Å². The molecule has 15 heavy (non-hydrogen) atoms. The van der Waals surface area contributed by atoms with E-state index >= 15 is 0 Å². The van der Waals surface area contributed by atoms with Crippen LogP contribution in [0.2, 0.25) is 0 Å². The highest BCUT2D eigenvalue weighted by atomic mass is 16.6. The van der Waals surface area contributed by atoms with Crippen LogP contribution in [0.4, 0.5) is 4.79 Å². The summed E-state index contributed by atoms with van der Waals surface area (Å²) in [5.74, 6) is 0.430. The number of hydrogen-bond acceptors (Lipinski definition) is 2. The minimum absolute atomic E-state index is 0.351. The summed E-state index contributed by atoms with van der Waals surface area (Å²) in [7, 11) is 0. The summed E-state index contributed by atoms with van der Waals surface area (Å²) in [6.07, 6.45) is 0.547. The summed E-state index contributed by atoms with van der Waals surface area (Å²) in [5, 5.41) is 2.72. The molecular formula is C12H23NO2. The topological polar surface area (TPSA) is 38.3 Å². The van der Waals surface area contributed by atoms with E-state index in [1.165, 1.54) is 0 Å². The first-order valence-electron chi connectivity index (χ1n) is 5.34. The van der Waals surface area contributed by atoms with Crippen molar-refractivity contribution in [2.24, 2.45) is 5.92 Å². The maximum atomic E-state index is 11.3. The average Bonchev–Trinajstić information content (AvgIpc) is 2.00. The van der Waals surface area contributed by atoms with Crippen molar-refractivity contribution in [1.82, 2.24) is 5.32 Å².